The first-order valence-electron chi connectivity index (χ1n) is 35.9. The topological polar surface area (TPSA) is 438 Å². The van der Waals surface area contributed by atoms with Crippen LogP contribution in [0.15, 0.2) is 91.1 Å². The Hall–Kier alpha value is -9.61. The summed E-state index contributed by atoms with van der Waals surface area (Å²) in [6.07, 6.45) is -1.09. The quantitative estimate of drug-likeness (QED) is 0.0217. The highest BCUT2D eigenvalue weighted by Gasteiger charge is 2.85. The van der Waals surface area contributed by atoms with E-state index in [1.807, 2.05) is 52.9 Å². The van der Waals surface area contributed by atoms with E-state index < -0.39 is 137 Å². The molecule has 4 saturated carbocycles. The van der Waals surface area contributed by atoms with E-state index in [0.717, 1.165) is 63.4 Å². The molecule has 3 aromatic carbocycles. The van der Waals surface area contributed by atoms with E-state index in [-0.39, 0.29) is 64.9 Å². The predicted molar refractivity (Wildman–Crippen MR) is 390 cm³/mol. The van der Waals surface area contributed by atoms with E-state index >= 15 is 0 Å². The summed E-state index contributed by atoms with van der Waals surface area (Å²) in [6.45, 7) is 10.6. The molecule has 108 heavy (non-hydrogen) atoms. The number of ether oxygens (including phenoxy) is 3. The largest absolute Gasteiger partial charge is 0.479 e. The summed E-state index contributed by atoms with van der Waals surface area (Å²) in [5.74, 6) is -7.76. The lowest BCUT2D eigenvalue weighted by Crippen LogP contribution is -2.60. The molecule has 6 unspecified atom stereocenters. The summed E-state index contributed by atoms with van der Waals surface area (Å²) in [6, 6.07) is 18.8. The molecular weight excluding hydrogens is 1440 g/mol. The van der Waals surface area contributed by atoms with Crippen LogP contribution in [0.3, 0.4) is 0 Å². The van der Waals surface area contributed by atoms with Crippen LogP contribution in [-0.4, -0.2) is 208 Å². The van der Waals surface area contributed by atoms with Gasteiger partial charge in [0.1, 0.15) is 49.4 Å². The normalized spacial score (nSPS) is 26.5. The Morgan fingerprint density at radius 1 is 0.815 bits per heavy atom. The molecule has 3 aliphatic heterocycles. The summed E-state index contributed by atoms with van der Waals surface area (Å²) in [5.41, 5.74) is 4.12. The van der Waals surface area contributed by atoms with Gasteiger partial charge in [-0.2, -0.15) is 13.5 Å². The van der Waals surface area contributed by atoms with E-state index in [4.69, 9.17) is 24.3 Å². The molecule has 13 rings (SSSR count). The molecule has 3 bridgehead atoms. The summed E-state index contributed by atoms with van der Waals surface area (Å²) in [5, 5.41) is 68.8. The molecule has 12 atom stereocenters. The Morgan fingerprint density at radius 3 is 2.30 bits per heavy atom. The number of aryl methyl sites for hydroxylation is 1. The van der Waals surface area contributed by atoms with Gasteiger partial charge in [-0.05, 0) is 164 Å². The van der Waals surface area contributed by atoms with Crippen LogP contribution in [0.5, 0.6) is 0 Å². The SMILES string of the molecule is Cc1c(-c2ccc(N3CCc4cccc(C(=O)Nc5nc6ccccc6s5)c4C3)nc2C(=O)O)cnn1CC12CC3(OCCN(CCS(=O)(=O)O)C(=O)OCc4ccc(NC(=O)[C@H](C)NC(=O)C(NC(=O)CN5C(=O)C=CC5=O)C(C)C)cc4CC[C@@H]4O[C@H](C(=O)O)[C@@H](O)[C@H](O)[C@H]4O)CC4(C)CC(C)(C1)C2(C4)C3. The summed E-state index contributed by atoms with van der Waals surface area (Å²) < 4.78 is 56.1. The molecule has 7 aliphatic rings. The smallest absolute Gasteiger partial charge is 0.410 e. The zero-order chi connectivity index (χ0) is 77.3. The molecule has 574 valence electrons. The number of hydrogen-bond acceptors (Lipinski definition) is 22. The van der Waals surface area contributed by atoms with Gasteiger partial charge in [0.2, 0.25) is 17.7 Å². The zero-order valence-corrected chi connectivity index (χ0v) is 62.0. The Labute approximate surface area is 625 Å². The number of anilines is 3. The van der Waals surface area contributed by atoms with Crippen LogP contribution in [0, 0.1) is 34.5 Å². The minimum absolute atomic E-state index is 0.0431. The van der Waals surface area contributed by atoms with Crippen molar-refractivity contribution in [1.82, 2.24) is 40.2 Å². The fourth-order valence-corrected chi connectivity index (χ4v) is 19.9. The second-order valence-electron chi connectivity index (χ2n) is 30.9. The molecule has 5 fully saturated rings. The number of carbonyl (C=O) groups excluding carboxylic acids is 7. The lowest BCUT2D eigenvalue weighted by atomic mass is 9.39. The molecule has 31 nitrogen and oxygen atoms in total. The van der Waals surface area contributed by atoms with Crippen molar-refractivity contribution < 1.29 is 95.9 Å². The Morgan fingerprint density at radius 2 is 1.57 bits per heavy atom. The number of carboxylic acids is 2. The number of benzene rings is 3. The summed E-state index contributed by atoms with van der Waals surface area (Å²) in [7, 11) is -4.63. The van der Waals surface area contributed by atoms with Crippen molar-refractivity contribution in [3.8, 4) is 11.1 Å². The number of carbonyl (C=O) groups is 9. The van der Waals surface area contributed by atoms with Crippen LogP contribution in [0.4, 0.5) is 21.4 Å². The minimum Gasteiger partial charge on any atom is -0.479 e. The van der Waals surface area contributed by atoms with Gasteiger partial charge in [-0.15, -0.1) is 0 Å². The van der Waals surface area contributed by atoms with Crippen molar-refractivity contribution in [2.45, 2.75) is 167 Å². The van der Waals surface area contributed by atoms with E-state index in [0.29, 0.717) is 89.0 Å². The van der Waals surface area contributed by atoms with Crippen molar-refractivity contribution in [3.63, 3.8) is 0 Å². The maximum Gasteiger partial charge on any atom is 0.410 e. The Kier molecular flexibility index (Phi) is 20.9. The molecule has 10 N–H and O–H groups in total. The number of aromatic carboxylic acids is 1. The number of aliphatic hydroxyl groups excluding tert-OH is 3. The molecule has 6 heterocycles. The van der Waals surface area contributed by atoms with E-state index in [1.165, 1.54) is 36.5 Å². The highest BCUT2D eigenvalue weighted by atomic mass is 32.2. The molecule has 3 aromatic heterocycles. The number of amides is 7. The maximum atomic E-state index is 14.4. The molecule has 1 saturated heterocycles. The number of nitrogens with one attached hydrogen (secondary N) is 4. The maximum absolute atomic E-state index is 14.4. The van der Waals surface area contributed by atoms with Gasteiger partial charge in [-0.25, -0.2) is 24.4 Å². The standard InChI is InChI=1S/C75H87N11O20S2/c1-40(2)58(81-55(87)31-85-56(88)20-21-57(85)89)66(95)77-41(3)64(93)78-46-16-14-45(44(28-46)15-18-52-60(90)61(91)62(92)63(106-52)68(98)99)32-104-70(100)83(25-27-108(101,102)103)24-26-105-74-34-71(5)33-72(6)36-73(37-74,75(72,35-71)38-74)39-86-42(4)49(29-76-86)47-17-19-54(80-59(47)67(96)97)84-23-22-43-10-9-11-48(50(43)30-84)65(94)82-69-79-51-12-7-8-13-53(51)107-69/h7-14,16-17,19-21,28-29,40-41,52,58,60-63,90-92H,15,18,22-27,30-39H2,1-6H3,(H,77,95)(H,78,93)(H,81,87)(H,96,97)(H,98,99)(H,79,82,94)(H,101,102,103)/t41-,52-,58?,60-,61+,62-,63-,71?,72?,73?,74?,75?/m0/s1. The summed E-state index contributed by atoms with van der Waals surface area (Å²) in [4.78, 5) is 131. The highest BCUT2D eigenvalue weighted by molar-refractivity contribution is 7.85. The monoisotopic (exact) mass is 1530 g/mol. The number of aromatic nitrogens is 4. The average Bonchev–Trinajstić information content (AvgIpc) is 1.45. The average molecular weight is 1530 g/mol. The van der Waals surface area contributed by atoms with Crippen molar-refractivity contribution in [1.29, 1.82) is 0 Å². The summed E-state index contributed by atoms with van der Waals surface area (Å²) >= 11 is 1.39. The van der Waals surface area contributed by atoms with Crippen molar-refractivity contribution in [2.75, 3.05) is 54.1 Å². The zero-order valence-electron chi connectivity index (χ0n) is 60.4. The van der Waals surface area contributed by atoms with Crippen LogP contribution in [0.25, 0.3) is 21.3 Å². The number of para-hydroxylation sites is 1. The van der Waals surface area contributed by atoms with Crippen molar-refractivity contribution >= 4 is 102 Å². The fourth-order valence-electron chi connectivity index (χ4n) is 18.6. The number of aliphatic carboxylic acids is 1. The first kappa shape index (κ1) is 76.6. The molecule has 1 spiro atoms. The van der Waals surface area contributed by atoms with Gasteiger partial charge in [-0.1, -0.05) is 69.4 Å². The second-order valence-corrected chi connectivity index (χ2v) is 33.5. The van der Waals surface area contributed by atoms with Gasteiger partial charge in [0.05, 0.1) is 40.5 Å². The van der Waals surface area contributed by atoms with Crippen molar-refractivity contribution in [2.24, 2.45) is 27.6 Å². The van der Waals surface area contributed by atoms with Crippen molar-refractivity contribution in [3.05, 3.63) is 130 Å². The molecule has 6 aromatic rings. The van der Waals surface area contributed by atoms with E-state index in [2.05, 4.69) is 40.1 Å². The highest BCUT2D eigenvalue weighted by Crippen LogP contribution is 2.90. The van der Waals surface area contributed by atoms with E-state index in [9.17, 15) is 81.7 Å². The number of aliphatic hydroxyl groups is 3. The molecule has 0 radical (unpaired) electrons. The molecular formula is C75H87N11O20S2. The number of rotatable bonds is 28. The number of pyridine rings is 1. The second kappa shape index (κ2) is 29.4. The van der Waals surface area contributed by atoms with Gasteiger partial charge < -0.3 is 65.5 Å². The third kappa shape index (κ3) is 14.9. The van der Waals surface area contributed by atoms with Gasteiger partial charge >= 0.3 is 18.0 Å². The first-order chi connectivity index (χ1) is 51.1. The van der Waals surface area contributed by atoms with E-state index in [1.54, 1.807) is 38.2 Å². The first-order valence-corrected chi connectivity index (χ1v) is 38.3. The number of fused-ring (bicyclic) bond motifs is 4. The Balaban J connectivity index is 0.684. The van der Waals surface area contributed by atoms with Crippen LogP contribution >= 0.6 is 11.3 Å². The van der Waals surface area contributed by atoms with Crippen LogP contribution < -0.4 is 26.2 Å². The van der Waals surface area contributed by atoms with Crippen LogP contribution in [0.2, 0.25) is 0 Å². The van der Waals surface area contributed by atoms with Gasteiger partial charge in [0.25, 0.3) is 27.8 Å². The number of thiazole rings is 1. The minimum atomic E-state index is -4.63. The molecule has 7 amide bonds. The molecule has 33 heteroatoms. The molecule has 4 aliphatic carbocycles. The van der Waals surface area contributed by atoms with Crippen LogP contribution in [-0.2, 0) is 85.6 Å². The predicted octanol–water partition coefficient (Wildman–Crippen LogP) is 5.42. The number of hydrogen-bond donors (Lipinski definition) is 10. The number of nitrogens with zero attached hydrogens (tertiary/aromatic N) is 7. The number of imide groups is 1. The van der Waals surface area contributed by atoms with Gasteiger partial charge in [0, 0.05) is 72.9 Å². The van der Waals surface area contributed by atoms with Crippen LogP contribution in [0.1, 0.15) is 128 Å². The number of carboxylic acid groups (broad SMARTS) is 2. The van der Waals surface area contributed by atoms with Gasteiger partial charge in [-0.3, -0.25) is 48.2 Å². The third-order valence-electron chi connectivity index (χ3n) is 23.1. The third-order valence-corrected chi connectivity index (χ3v) is 24.8. The van der Waals surface area contributed by atoms with Gasteiger partial charge in [0.15, 0.2) is 16.9 Å². The fraction of sp³-hybridized carbons (Fsp3) is 0.493. The lowest BCUT2D eigenvalue weighted by molar-refractivity contribution is -0.228. The lowest BCUT2D eigenvalue weighted by Gasteiger charge is -2.65. The Bertz CT molecular complexity index is 4750.